The van der Waals surface area contributed by atoms with E-state index in [9.17, 15) is 20.0 Å². The minimum absolute atomic E-state index is 0.240. The third-order valence-corrected chi connectivity index (χ3v) is 4.36. The van der Waals surface area contributed by atoms with Crippen molar-refractivity contribution < 1.29 is 19.6 Å². The number of phenols is 1. The number of carbonyl (C=O) groups excluding carboxylic acids is 1. The molecule has 30 heavy (non-hydrogen) atoms. The molecule has 0 spiro atoms. The molecule has 1 N–H and O–H groups in total. The zero-order valence-electron chi connectivity index (χ0n) is 16.3. The Morgan fingerprint density at radius 3 is 2.43 bits per heavy atom. The molecule has 0 aliphatic carbocycles. The highest BCUT2D eigenvalue weighted by molar-refractivity contribution is 5.90. The van der Waals surface area contributed by atoms with Crippen LogP contribution >= 0.6 is 0 Å². The fourth-order valence-corrected chi connectivity index (χ4v) is 2.91. The Hall–Kier alpha value is -4.00. The molecule has 0 unspecified atom stereocenters. The fourth-order valence-electron chi connectivity index (χ4n) is 2.91. The van der Waals surface area contributed by atoms with Gasteiger partial charge in [-0.25, -0.2) is 4.79 Å². The summed E-state index contributed by atoms with van der Waals surface area (Å²) in [6.45, 7) is 2.02. The molecular weight excluding hydrogens is 384 g/mol. The highest BCUT2D eigenvalue weighted by Crippen LogP contribution is 2.31. The molecule has 3 rings (SSSR count). The van der Waals surface area contributed by atoms with Gasteiger partial charge in [0, 0.05) is 17.8 Å². The molecule has 0 heterocycles. The van der Waals surface area contributed by atoms with Crippen molar-refractivity contribution in [3.63, 3.8) is 0 Å². The number of nitrogens with zero attached hydrogens (tertiary/aromatic N) is 2. The molecule has 0 atom stereocenters. The Bertz CT molecular complexity index is 1080. The quantitative estimate of drug-likeness (QED) is 0.263. The molecule has 0 amide bonds. The minimum Gasteiger partial charge on any atom is -0.502 e. The molecule has 0 fully saturated rings. The van der Waals surface area contributed by atoms with E-state index in [-0.39, 0.29) is 17.9 Å². The van der Waals surface area contributed by atoms with Gasteiger partial charge >= 0.3 is 11.7 Å². The minimum atomic E-state index is -0.616. The third kappa shape index (κ3) is 5.08. The number of phenolic OH excluding ortho intramolecular Hbond substituents is 1. The van der Waals surface area contributed by atoms with E-state index in [1.54, 1.807) is 37.3 Å². The number of ether oxygens (including phenoxy) is 1. The molecule has 7 nitrogen and oxygen atoms in total. The van der Waals surface area contributed by atoms with E-state index in [1.807, 2.05) is 30.3 Å². The molecule has 0 bridgehead atoms. The van der Waals surface area contributed by atoms with Crippen molar-refractivity contribution in [1.29, 1.82) is 0 Å². The summed E-state index contributed by atoms with van der Waals surface area (Å²) in [4.78, 5) is 26.7. The maximum absolute atomic E-state index is 11.7. The van der Waals surface area contributed by atoms with Crippen LogP contribution in [0.2, 0.25) is 0 Å². The number of benzene rings is 3. The Labute approximate surface area is 173 Å². The van der Waals surface area contributed by atoms with E-state index in [0.717, 1.165) is 5.56 Å². The average Bonchev–Trinajstić information content (AvgIpc) is 2.75. The standard InChI is InChI=1S/C23H20N2O5/c1-2-30-23(27)18-8-10-20(11-9-18)24-15-19-13-17(12-16-6-4-3-5-7-16)14-21(22(19)26)25(28)29/h3-11,13-15,26H,2,12H2,1H3. The smallest absolute Gasteiger partial charge is 0.338 e. The summed E-state index contributed by atoms with van der Waals surface area (Å²) < 4.78 is 4.94. The highest BCUT2D eigenvalue weighted by Gasteiger charge is 2.18. The zero-order chi connectivity index (χ0) is 21.5. The van der Waals surface area contributed by atoms with Crippen molar-refractivity contribution in [3.05, 3.63) is 99.1 Å². The van der Waals surface area contributed by atoms with Gasteiger partial charge in [-0.05, 0) is 54.8 Å². The normalized spacial score (nSPS) is 10.8. The van der Waals surface area contributed by atoms with Gasteiger partial charge in [-0.2, -0.15) is 0 Å². The lowest BCUT2D eigenvalue weighted by Crippen LogP contribution is -2.03. The first-order valence-corrected chi connectivity index (χ1v) is 9.33. The van der Waals surface area contributed by atoms with E-state index in [2.05, 4.69) is 4.99 Å². The van der Waals surface area contributed by atoms with Crippen LogP contribution < -0.4 is 0 Å². The van der Waals surface area contributed by atoms with Crippen molar-refractivity contribution in [2.45, 2.75) is 13.3 Å². The number of nitro benzene ring substituents is 1. The maximum atomic E-state index is 11.7. The van der Waals surface area contributed by atoms with E-state index >= 15 is 0 Å². The monoisotopic (exact) mass is 404 g/mol. The van der Waals surface area contributed by atoms with Crippen LogP contribution in [0, 0.1) is 10.1 Å². The Morgan fingerprint density at radius 1 is 1.10 bits per heavy atom. The average molecular weight is 404 g/mol. The molecule has 0 radical (unpaired) electrons. The van der Waals surface area contributed by atoms with E-state index in [0.29, 0.717) is 23.2 Å². The van der Waals surface area contributed by atoms with Crippen LogP contribution in [0.25, 0.3) is 0 Å². The highest BCUT2D eigenvalue weighted by atomic mass is 16.6. The SMILES string of the molecule is CCOC(=O)c1ccc(N=Cc2cc(Cc3ccccc3)cc([N+](=O)[O-])c2O)cc1. The lowest BCUT2D eigenvalue weighted by atomic mass is 10.0. The van der Waals surface area contributed by atoms with Gasteiger partial charge in [0.25, 0.3) is 0 Å². The number of hydrogen-bond donors (Lipinski definition) is 1. The van der Waals surface area contributed by atoms with Gasteiger partial charge in [-0.15, -0.1) is 0 Å². The van der Waals surface area contributed by atoms with E-state index in [1.165, 1.54) is 12.3 Å². The Balaban J connectivity index is 1.88. The molecule has 0 saturated carbocycles. The summed E-state index contributed by atoms with van der Waals surface area (Å²) in [5.74, 6) is -0.862. The molecule has 152 valence electrons. The van der Waals surface area contributed by atoms with Crippen LogP contribution in [-0.4, -0.2) is 28.8 Å². The van der Waals surface area contributed by atoms with Gasteiger partial charge in [0.1, 0.15) is 0 Å². The second-order valence-corrected chi connectivity index (χ2v) is 6.50. The molecule has 0 saturated heterocycles. The number of aliphatic imine (C=N–C) groups is 1. The molecule has 7 heteroatoms. The summed E-state index contributed by atoms with van der Waals surface area (Å²) in [6.07, 6.45) is 1.85. The zero-order valence-corrected chi connectivity index (χ0v) is 16.3. The van der Waals surface area contributed by atoms with Crippen LogP contribution in [0.3, 0.4) is 0 Å². The topological polar surface area (TPSA) is 102 Å². The summed E-state index contributed by atoms with van der Waals surface area (Å²) in [5, 5.41) is 21.7. The predicted octanol–water partition coefficient (Wildman–Crippen LogP) is 4.82. The molecule has 0 aromatic heterocycles. The Morgan fingerprint density at radius 2 is 1.80 bits per heavy atom. The number of esters is 1. The van der Waals surface area contributed by atoms with Gasteiger partial charge in [0.2, 0.25) is 5.75 Å². The first kappa shape index (κ1) is 20.7. The van der Waals surface area contributed by atoms with Gasteiger partial charge in [0.15, 0.2) is 0 Å². The first-order chi connectivity index (χ1) is 14.5. The number of nitro groups is 1. The third-order valence-electron chi connectivity index (χ3n) is 4.36. The largest absolute Gasteiger partial charge is 0.502 e. The second-order valence-electron chi connectivity index (χ2n) is 6.50. The van der Waals surface area contributed by atoms with Gasteiger partial charge < -0.3 is 9.84 Å². The molecule has 3 aromatic rings. The lowest BCUT2D eigenvalue weighted by Gasteiger charge is -2.06. The first-order valence-electron chi connectivity index (χ1n) is 9.33. The van der Waals surface area contributed by atoms with Crippen molar-refractivity contribution in [2.24, 2.45) is 4.99 Å². The number of aromatic hydroxyl groups is 1. The van der Waals surface area contributed by atoms with Crippen LogP contribution in [0.1, 0.15) is 34.0 Å². The van der Waals surface area contributed by atoms with Crippen molar-refractivity contribution in [2.75, 3.05) is 6.61 Å². The van der Waals surface area contributed by atoms with E-state index < -0.39 is 16.6 Å². The van der Waals surface area contributed by atoms with Crippen molar-refractivity contribution in [1.82, 2.24) is 0 Å². The van der Waals surface area contributed by atoms with Gasteiger partial charge in [0.05, 0.1) is 22.8 Å². The van der Waals surface area contributed by atoms with Crippen LogP contribution in [0.4, 0.5) is 11.4 Å². The number of hydrogen-bond acceptors (Lipinski definition) is 6. The summed E-state index contributed by atoms with van der Waals surface area (Å²) in [7, 11) is 0. The molecule has 0 aliphatic rings. The Kier molecular flexibility index (Phi) is 6.54. The summed E-state index contributed by atoms with van der Waals surface area (Å²) in [6, 6.07) is 19.0. The lowest BCUT2D eigenvalue weighted by molar-refractivity contribution is -0.385. The van der Waals surface area contributed by atoms with Crippen molar-refractivity contribution >= 4 is 23.6 Å². The molecule has 3 aromatic carbocycles. The van der Waals surface area contributed by atoms with Gasteiger partial charge in [-0.1, -0.05) is 30.3 Å². The molecule has 0 aliphatic heterocycles. The van der Waals surface area contributed by atoms with Crippen LogP contribution in [-0.2, 0) is 11.2 Å². The fraction of sp³-hybridized carbons (Fsp3) is 0.130. The van der Waals surface area contributed by atoms with Crippen molar-refractivity contribution in [3.8, 4) is 5.75 Å². The van der Waals surface area contributed by atoms with Crippen LogP contribution in [0.5, 0.6) is 5.75 Å². The number of rotatable bonds is 7. The summed E-state index contributed by atoms with van der Waals surface area (Å²) in [5.41, 5.74) is 2.48. The second kappa shape index (κ2) is 9.47. The maximum Gasteiger partial charge on any atom is 0.338 e. The summed E-state index contributed by atoms with van der Waals surface area (Å²) >= 11 is 0. The van der Waals surface area contributed by atoms with E-state index in [4.69, 9.17) is 4.74 Å². The van der Waals surface area contributed by atoms with Crippen LogP contribution in [0.15, 0.2) is 71.7 Å². The predicted molar refractivity (Wildman–Crippen MR) is 114 cm³/mol. The number of carbonyl (C=O) groups is 1. The molecular formula is C23H20N2O5. The van der Waals surface area contributed by atoms with Gasteiger partial charge in [-0.3, -0.25) is 15.1 Å².